The van der Waals surface area contributed by atoms with E-state index in [4.69, 9.17) is 4.74 Å². The average Bonchev–Trinajstić information content (AvgIpc) is 3.53. The first-order valence-corrected chi connectivity index (χ1v) is 12.1. The van der Waals surface area contributed by atoms with Crippen LogP contribution >= 0.6 is 0 Å². The van der Waals surface area contributed by atoms with Crippen LogP contribution in [0.5, 0.6) is 0 Å². The van der Waals surface area contributed by atoms with Gasteiger partial charge in [0.25, 0.3) is 5.91 Å². The van der Waals surface area contributed by atoms with E-state index < -0.39 is 0 Å². The van der Waals surface area contributed by atoms with Crippen LogP contribution in [0.4, 0.5) is 0 Å². The van der Waals surface area contributed by atoms with Crippen molar-refractivity contribution in [1.82, 2.24) is 25.5 Å². The average molecular weight is 446 g/mol. The fourth-order valence-corrected chi connectivity index (χ4v) is 5.53. The second kappa shape index (κ2) is 8.56. The van der Waals surface area contributed by atoms with Crippen molar-refractivity contribution in [3.63, 3.8) is 0 Å². The number of nitrogens with zero attached hydrogens (tertiary/aromatic N) is 2. The van der Waals surface area contributed by atoms with E-state index in [1.807, 2.05) is 17.3 Å². The second-order valence-corrected chi connectivity index (χ2v) is 9.52. The molecule has 3 aromatic rings. The predicted octanol–water partition coefficient (Wildman–Crippen LogP) is 2.84. The first-order valence-electron chi connectivity index (χ1n) is 12.1. The van der Waals surface area contributed by atoms with Crippen molar-refractivity contribution in [2.45, 2.75) is 44.9 Å². The fraction of sp³-hybridized carbons (Fsp3) is 0.462. The Morgan fingerprint density at radius 1 is 1.21 bits per heavy atom. The largest absolute Gasteiger partial charge is 0.366 e. The first kappa shape index (κ1) is 20.8. The lowest BCUT2D eigenvalue weighted by atomic mass is 9.87. The molecule has 2 atom stereocenters. The quantitative estimate of drug-likeness (QED) is 0.578. The number of ether oxygens (including phenoxy) is 1. The molecule has 3 aliphatic rings. The molecule has 0 bridgehead atoms. The first-order chi connectivity index (χ1) is 16.2. The molecule has 6 rings (SSSR count). The molecule has 7 heteroatoms. The Balaban J connectivity index is 1.37. The number of amides is 1. The molecule has 33 heavy (non-hydrogen) atoms. The molecule has 3 N–H and O–H groups in total. The minimum Gasteiger partial charge on any atom is -0.366 e. The highest BCUT2D eigenvalue weighted by Crippen LogP contribution is 2.36. The normalized spacial score (nSPS) is 23.1. The van der Waals surface area contributed by atoms with Crippen LogP contribution in [0.1, 0.15) is 41.1 Å². The summed E-state index contributed by atoms with van der Waals surface area (Å²) in [6.45, 7) is 6.57. The van der Waals surface area contributed by atoms with E-state index in [-0.39, 0.29) is 12.0 Å². The van der Waals surface area contributed by atoms with Crippen molar-refractivity contribution in [2.75, 3.05) is 32.8 Å². The van der Waals surface area contributed by atoms with Crippen LogP contribution in [-0.2, 0) is 22.5 Å². The van der Waals surface area contributed by atoms with Crippen molar-refractivity contribution in [3.8, 4) is 11.1 Å². The zero-order valence-electron chi connectivity index (χ0n) is 19.1. The third-order valence-electron chi connectivity index (χ3n) is 7.40. The van der Waals surface area contributed by atoms with Gasteiger partial charge in [0.2, 0.25) is 0 Å². The Kier molecular flexibility index (Phi) is 5.40. The Labute approximate surface area is 193 Å². The summed E-state index contributed by atoms with van der Waals surface area (Å²) >= 11 is 0. The summed E-state index contributed by atoms with van der Waals surface area (Å²) < 4.78 is 5.75. The number of rotatable bonds is 3. The number of aromatic nitrogens is 2. The summed E-state index contributed by atoms with van der Waals surface area (Å²) in [5.74, 6) is 0.111. The van der Waals surface area contributed by atoms with Gasteiger partial charge in [0.1, 0.15) is 11.8 Å². The Hall–Kier alpha value is -2.74. The Morgan fingerprint density at radius 3 is 2.97 bits per heavy atom. The van der Waals surface area contributed by atoms with E-state index in [0.29, 0.717) is 25.7 Å². The summed E-state index contributed by atoms with van der Waals surface area (Å²) in [6.07, 6.45) is 6.80. The predicted molar refractivity (Wildman–Crippen MR) is 128 cm³/mol. The number of H-pyrrole nitrogens is 1. The van der Waals surface area contributed by atoms with Gasteiger partial charge in [-0.25, -0.2) is 4.98 Å². The van der Waals surface area contributed by atoms with Gasteiger partial charge >= 0.3 is 0 Å². The maximum Gasteiger partial charge on any atom is 0.253 e. The molecule has 2 saturated heterocycles. The number of aromatic amines is 1. The number of carbonyl (C=O) groups is 1. The van der Waals surface area contributed by atoms with E-state index in [2.05, 4.69) is 45.7 Å². The summed E-state index contributed by atoms with van der Waals surface area (Å²) in [4.78, 5) is 23.0. The van der Waals surface area contributed by atoms with Gasteiger partial charge in [-0.3, -0.25) is 4.79 Å². The lowest BCUT2D eigenvalue weighted by Crippen LogP contribution is -2.50. The van der Waals surface area contributed by atoms with Crippen molar-refractivity contribution < 1.29 is 9.53 Å². The van der Waals surface area contributed by atoms with Crippen LogP contribution in [0.3, 0.4) is 0 Å². The Bertz CT molecular complexity index is 1190. The van der Waals surface area contributed by atoms with Crippen LogP contribution in [-0.4, -0.2) is 59.7 Å². The van der Waals surface area contributed by atoms with Crippen LogP contribution in [0.25, 0.3) is 22.2 Å². The number of fused-ring (bicyclic) bond motifs is 2. The third kappa shape index (κ3) is 3.84. The van der Waals surface area contributed by atoms with E-state index in [0.717, 1.165) is 43.7 Å². The molecule has 0 radical (unpaired) electrons. The summed E-state index contributed by atoms with van der Waals surface area (Å²) in [5, 5.41) is 8.13. The minimum absolute atomic E-state index is 0.111. The topological polar surface area (TPSA) is 82.3 Å². The third-order valence-corrected chi connectivity index (χ3v) is 7.40. The molecule has 172 valence electrons. The van der Waals surface area contributed by atoms with Gasteiger partial charge in [0, 0.05) is 55.6 Å². The Morgan fingerprint density at radius 2 is 2.15 bits per heavy atom. The molecule has 0 spiro atoms. The number of aryl methyl sites for hydroxylation is 1. The van der Waals surface area contributed by atoms with Crippen molar-refractivity contribution in [2.24, 2.45) is 0 Å². The van der Waals surface area contributed by atoms with E-state index >= 15 is 0 Å². The van der Waals surface area contributed by atoms with Gasteiger partial charge in [0.05, 0.1) is 6.61 Å². The zero-order chi connectivity index (χ0) is 22.4. The van der Waals surface area contributed by atoms with Gasteiger partial charge < -0.3 is 25.3 Å². The molecule has 2 aromatic heterocycles. The molecule has 5 heterocycles. The smallest absolute Gasteiger partial charge is 0.253 e. The lowest BCUT2D eigenvalue weighted by molar-refractivity contribution is -0.146. The number of hydrogen-bond acceptors (Lipinski definition) is 5. The number of carbonyl (C=O) groups excluding carboxylic acids is 1. The fourth-order valence-electron chi connectivity index (χ4n) is 5.53. The molecule has 3 aliphatic heterocycles. The van der Waals surface area contributed by atoms with Gasteiger partial charge in [-0.15, -0.1) is 0 Å². The van der Waals surface area contributed by atoms with Crippen LogP contribution in [0.2, 0.25) is 0 Å². The lowest BCUT2D eigenvalue weighted by Gasteiger charge is -2.35. The van der Waals surface area contributed by atoms with Gasteiger partial charge in [-0.05, 0) is 72.7 Å². The monoisotopic (exact) mass is 445 g/mol. The summed E-state index contributed by atoms with van der Waals surface area (Å²) in [7, 11) is 0. The molecule has 1 unspecified atom stereocenters. The van der Waals surface area contributed by atoms with Gasteiger partial charge in [0.15, 0.2) is 0 Å². The SMILES string of the molecule is Cc1c[nH]c2ncc(-c3cc4c(c(C5CCCN5)c3)CN(C(=O)[C@@H]3CNCCO3)CC4)cc12. The second-order valence-electron chi connectivity index (χ2n) is 9.52. The molecule has 0 aliphatic carbocycles. The van der Waals surface area contributed by atoms with Crippen LogP contribution in [0.15, 0.2) is 30.6 Å². The van der Waals surface area contributed by atoms with E-state index in [1.165, 1.54) is 39.6 Å². The highest BCUT2D eigenvalue weighted by Gasteiger charge is 2.32. The molecule has 7 nitrogen and oxygen atoms in total. The van der Waals surface area contributed by atoms with Crippen molar-refractivity contribution in [3.05, 3.63) is 52.8 Å². The summed E-state index contributed by atoms with van der Waals surface area (Å²) in [5.41, 5.74) is 8.51. The number of benzene rings is 1. The molecule has 2 fully saturated rings. The summed E-state index contributed by atoms with van der Waals surface area (Å²) in [6, 6.07) is 7.23. The zero-order valence-corrected chi connectivity index (χ0v) is 19.1. The van der Waals surface area contributed by atoms with Gasteiger partial charge in [-0.1, -0.05) is 6.07 Å². The number of morpholine rings is 1. The number of nitrogens with one attached hydrogen (secondary N) is 3. The molecular formula is C26H31N5O2. The van der Waals surface area contributed by atoms with E-state index in [1.54, 1.807) is 0 Å². The molecule has 1 aromatic carbocycles. The van der Waals surface area contributed by atoms with Crippen molar-refractivity contribution >= 4 is 16.9 Å². The molecular weight excluding hydrogens is 414 g/mol. The van der Waals surface area contributed by atoms with Gasteiger partial charge in [-0.2, -0.15) is 0 Å². The molecule has 1 amide bonds. The standard InChI is InChI=1S/C26H31N5O2/c1-16-12-29-25-20(16)11-19(13-30-25)18-9-17-4-7-31(26(32)24-14-27-6-8-33-24)15-22(17)21(10-18)23-3-2-5-28-23/h9-13,23-24,27-28H,2-8,14-15H2,1H3,(H,29,30)/t23?,24-/m0/s1. The maximum atomic E-state index is 13.1. The van der Waals surface area contributed by atoms with Crippen LogP contribution < -0.4 is 10.6 Å². The maximum absolute atomic E-state index is 13.1. The number of pyridine rings is 1. The highest BCUT2D eigenvalue weighted by atomic mass is 16.5. The van der Waals surface area contributed by atoms with E-state index in [9.17, 15) is 4.79 Å². The van der Waals surface area contributed by atoms with Crippen molar-refractivity contribution in [1.29, 1.82) is 0 Å². The van der Waals surface area contributed by atoms with Crippen LogP contribution in [0, 0.1) is 6.92 Å². The minimum atomic E-state index is -0.366. The highest BCUT2D eigenvalue weighted by molar-refractivity contribution is 5.85. The number of hydrogen-bond donors (Lipinski definition) is 3. The molecule has 0 saturated carbocycles.